The van der Waals surface area contributed by atoms with E-state index in [1.165, 1.54) is 0 Å². The number of nitrogens with zero attached hydrogens (tertiary/aromatic N) is 1. The number of benzene rings is 8. The van der Waals surface area contributed by atoms with Crippen LogP contribution in [0.2, 0.25) is 0 Å². The van der Waals surface area contributed by atoms with Crippen molar-refractivity contribution in [1.82, 2.24) is 4.98 Å². The van der Waals surface area contributed by atoms with E-state index in [0.717, 1.165) is 55.6 Å². The number of pyridine rings is 1. The van der Waals surface area contributed by atoms with Crippen LogP contribution in [0.4, 0.5) is 0 Å². The summed E-state index contributed by atoms with van der Waals surface area (Å²) in [6.45, 7) is 8.47. The van der Waals surface area contributed by atoms with Crippen molar-refractivity contribution in [3.05, 3.63) is 238 Å². The van der Waals surface area contributed by atoms with Gasteiger partial charge in [-0.25, -0.2) is 13.7 Å². The molecule has 8 bridgehead atoms. The summed E-state index contributed by atoms with van der Waals surface area (Å²) in [5.74, 6) is 0.994. The molecule has 4 atom stereocenters. The number of ether oxygens (including phenoxy) is 2. The number of hydrogen-bond donors (Lipinski definition) is 0. The molecule has 8 aromatic carbocycles. The van der Waals surface area contributed by atoms with Gasteiger partial charge in [-0.2, -0.15) is 0 Å². The van der Waals surface area contributed by atoms with Crippen LogP contribution in [0.15, 0.2) is 188 Å². The van der Waals surface area contributed by atoms with E-state index >= 15 is 13.7 Å². The topological polar surface area (TPSA) is 138 Å². The van der Waals surface area contributed by atoms with Crippen molar-refractivity contribution in [3.63, 3.8) is 0 Å². The number of rotatable bonds is 9. The highest BCUT2D eigenvalue weighted by molar-refractivity contribution is 7.63. The van der Waals surface area contributed by atoms with Gasteiger partial charge in [0.25, 0.3) is 6.29 Å². The minimum absolute atomic E-state index is 0.242. The SMILES string of the molecule is CCC1c2cc3c4cc2OC(c2ccc(-c5ccncc5)cc2)Oc2cc5c(cc21)C(CC)c1cc2c(cc1OP(=O)(c1ccccc1)O5)OP(=O)(c1ccccc1)Oc1cc(c(cc1C2CC)C3CC)OP(=O)(c1ccccc1)O4. The van der Waals surface area contributed by atoms with Crippen LogP contribution in [0, 0.1) is 0 Å². The van der Waals surface area contributed by atoms with Crippen molar-refractivity contribution in [2.45, 2.75) is 83.3 Å². The molecule has 0 fully saturated rings. The van der Waals surface area contributed by atoms with Gasteiger partial charge >= 0.3 is 22.8 Å². The molecule has 5 heterocycles. The molecule has 5 aliphatic rings. The van der Waals surface area contributed by atoms with Gasteiger partial charge in [0.2, 0.25) is 0 Å². The molecule has 0 amide bonds. The fourth-order valence-corrected chi connectivity index (χ4v) is 17.3. The lowest BCUT2D eigenvalue weighted by molar-refractivity contribution is -0.000471. The minimum Gasteiger partial charge on any atom is -0.450 e. The summed E-state index contributed by atoms with van der Waals surface area (Å²) in [4.78, 5) is 4.22. The molecular weight excluding hydrogens is 1080 g/mol. The Hall–Kier alpha value is -8.00. The summed E-state index contributed by atoms with van der Waals surface area (Å²) in [6, 6.07) is 54.2. The quantitative estimate of drug-likeness (QED) is 0.127. The van der Waals surface area contributed by atoms with Crippen LogP contribution in [-0.4, -0.2) is 4.98 Å². The summed E-state index contributed by atoms with van der Waals surface area (Å²) >= 11 is 0. The number of hydrogen-bond acceptors (Lipinski definition) is 12. The zero-order valence-electron chi connectivity index (χ0n) is 44.9. The Bertz CT molecular complexity index is 3890. The summed E-state index contributed by atoms with van der Waals surface area (Å²) in [7, 11) is -13.1. The first kappa shape index (κ1) is 51.2. The van der Waals surface area contributed by atoms with E-state index in [-0.39, 0.29) is 28.9 Å². The summed E-state index contributed by atoms with van der Waals surface area (Å²) in [5.41, 5.74) is 8.90. The van der Waals surface area contributed by atoms with E-state index < -0.39 is 46.8 Å². The lowest BCUT2D eigenvalue weighted by atomic mass is 9.77. The average molecular weight is 1130 g/mol. The van der Waals surface area contributed by atoms with E-state index in [9.17, 15) is 0 Å². The molecule has 9 aromatic rings. The van der Waals surface area contributed by atoms with Gasteiger partial charge in [0.1, 0.15) is 46.0 Å². The van der Waals surface area contributed by atoms with Gasteiger partial charge in [-0.05, 0) is 110 Å². The molecule has 4 aliphatic heterocycles. The molecule has 1 aromatic heterocycles. The van der Waals surface area contributed by atoms with Gasteiger partial charge in [-0.3, -0.25) is 4.98 Å². The standard InChI is InChI=1S/C66H56NO11P3/c1-5-46-50-32-52-47(6-2)54-34-56-49(8-4)57-35-55-48(7-3)53-33-51(46)59-37-61(53)74-80(69,44-20-14-10-15-21-44)76-63(55)39-65(57)78-81(70,45-22-16-11-17-23-45)77-64(56)38-62(54)75-79(68,43-18-12-9-13-19-43)73-60(52)36-58(50)71-66(72-59)42-26-24-40(25-27-42)41-28-30-67-31-29-41/h9-39,46-49,66H,5-8H2,1-4H3. The predicted molar refractivity (Wildman–Crippen MR) is 313 cm³/mol. The van der Waals surface area contributed by atoms with E-state index in [1.54, 1.807) is 97.3 Å². The lowest BCUT2D eigenvalue weighted by Gasteiger charge is -2.37. The third-order valence-corrected chi connectivity index (χ3v) is 21.8. The minimum atomic E-state index is -4.38. The highest BCUT2D eigenvalue weighted by Crippen LogP contribution is 2.64. The lowest BCUT2D eigenvalue weighted by Crippen LogP contribution is -2.24. The van der Waals surface area contributed by atoms with Crippen molar-refractivity contribution in [1.29, 1.82) is 0 Å². The van der Waals surface area contributed by atoms with Gasteiger partial charge in [0.05, 0.1) is 15.9 Å². The third-order valence-electron chi connectivity index (χ3n) is 16.4. The normalized spacial score (nSPS) is 24.2. The Morgan fingerprint density at radius 3 is 0.901 bits per heavy atom. The van der Waals surface area contributed by atoms with E-state index in [1.807, 2.05) is 66.7 Å². The molecule has 4 unspecified atom stereocenters. The van der Waals surface area contributed by atoms with Crippen LogP contribution >= 0.6 is 22.8 Å². The molecule has 406 valence electrons. The second kappa shape index (κ2) is 19.9. The maximum Gasteiger partial charge on any atom is 0.462 e. The Kier molecular flexibility index (Phi) is 12.6. The van der Waals surface area contributed by atoms with Crippen LogP contribution in [0.25, 0.3) is 11.1 Å². The second-order valence-corrected chi connectivity index (χ2v) is 26.7. The molecule has 0 saturated carbocycles. The largest absolute Gasteiger partial charge is 0.462 e. The van der Waals surface area contributed by atoms with Crippen molar-refractivity contribution < 1.29 is 50.3 Å². The van der Waals surface area contributed by atoms with Crippen molar-refractivity contribution in [3.8, 4) is 57.1 Å². The number of aromatic nitrogens is 1. The Labute approximate surface area is 470 Å². The van der Waals surface area contributed by atoms with Crippen LogP contribution in [0.3, 0.4) is 0 Å². The highest BCUT2D eigenvalue weighted by Gasteiger charge is 2.46. The van der Waals surface area contributed by atoms with E-state index in [2.05, 4.69) is 56.9 Å². The smallest absolute Gasteiger partial charge is 0.450 e. The first-order valence-corrected chi connectivity index (χ1v) is 32.3. The first-order valence-electron chi connectivity index (χ1n) is 27.7. The maximum atomic E-state index is 16.1. The summed E-state index contributed by atoms with van der Waals surface area (Å²) in [5, 5.41) is 0.950. The van der Waals surface area contributed by atoms with Crippen LogP contribution in [-0.2, 0) is 13.7 Å². The van der Waals surface area contributed by atoms with Gasteiger partial charge in [-0.15, -0.1) is 0 Å². The Morgan fingerprint density at radius 2 is 0.605 bits per heavy atom. The first-order chi connectivity index (χ1) is 39.5. The van der Waals surface area contributed by atoms with Crippen molar-refractivity contribution in [2.24, 2.45) is 0 Å². The Balaban J connectivity index is 1.11. The molecule has 81 heavy (non-hydrogen) atoms. The van der Waals surface area contributed by atoms with E-state index in [0.29, 0.717) is 70.2 Å². The average Bonchev–Trinajstić information content (AvgIpc) is 3.58. The monoisotopic (exact) mass is 1130 g/mol. The zero-order valence-corrected chi connectivity index (χ0v) is 47.6. The molecule has 0 spiro atoms. The fraction of sp³-hybridized carbons (Fsp3) is 0.197. The molecule has 1 aliphatic carbocycles. The fourth-order valence-electron chi connectivity index (χ4n) is 12.4. The second-order valence-electron chi connectivity index (χ2n) is 21.0. The van der Waals surface area contributed by atoms with Crippen LogP contribution in [0.5, 0.6) is 46.0 Å². The van der Waals surface area contributed by atoms with E-state index in [4.69, 9.17) is 36.6 Å². The zero-order chi connectivity index (χ0) is 55.2. The molecule has 12 nitrogen and oxygen atoms in total. The van der Waals surface area contributed by atoms with Gasteiger partial charge in [-0.1, -0.05) is 107 Å². The van der Waals surface area contributed by atoms with Crippen molar-refractivity contribution in [2.75, 3.05) is 0 Å². The van der Waals surface area contributed by atoms with Gasteiger partial charge in [0.15, 0.2) is 0 Å². The van der Waals surface area contributed by atoms with Crippen molar-refractivity contribution >= 4 is 38.7 Å². The molecular formula is C66H56NO11P3. The van der Waals surface area contributed by atoms with Crippen LogP contribution < -0.4 is 52.5 Å². The summed E-state index contributed by atoms with van der Waals surface area (Å²) < 4.78 is 104. The van der Waals surface area contributed by atoms with Crippen LogP contribution in [0.1, 0.15) is 133 Å². The van der Waals surface area contributed by atoms with Gasteiger partial charge in [0, 0.05) is 110 Å². The predicted octanol–water partition coefficient (Wildman–Crippen LogP) is 16.6. The van der Waals surface area contributed by atoms with Gasteiger partial charge < -0.3 is 36.6 Å². The summed E-state index contributed by atoms with van der Waals surface area (Å²) in [6.07, 6.45) is 4.76. The molecule has 0 N–H and O–H groups in total. The molecule has 0 radical (unpaired) electrons. The maximum absolute atomic E-state index is 16.1. The molecule has 15 heteroatoms. The molecule has 14 rings (SSSR count). The Morgan fingerprint density at radius 1 is 0.333 bits per heavy atom. The highest BCUT2D eigenvalue weighted by atomic mass is 31.2. The molecule has 0 saturated heterocycles. The third kappa shape index (κ3) is 8.65.